The van der Waals surface area contributed by atoms with Crippen LogP contribution in [0, 0.1) is 5.82 Å². The Kier molecular flexibility index (Phi) is 4.01. The van der Waals surface area contributed by atoms with Gasteiger partial charge in [0.15, 0.2) is 0 Å². The van der Waals surface area contributed by atoms with Crippen molar-refractivity contribution in [2.45, 2.75) is 13.0 Å². The molecule has 0 unspecified atom stereocenters. The van der Waals surface area contributed by atoms with E-state index < -0.39 is 0 Å². The summed E-state index contributed by atoms with van der Waals surface area (Å²) in [7, 11) is 2.03. The van der Waals surface area contributed by atoms with E-state index in [2.05, 4.69) is 31.5 Å². The van der Waals surface area contributed by atoms with Crippen LogP contribution in [-0.4, -0.2) is 42.4 Å². The molecule has 0 bridgehead atoms. The van der Waals surface area contributed by atoms with Gasteiger partial charge in [-0.1, -0.05) is 0 Å². The second-order valence-electron chi connectivity index (χ2n) is 7.29. The van der Waals surface area contributed by atoms with Crippen molar-refractivity contribution in [2.24, 2.45) is 7.05 Å². The molecule has 3 aromatic rings. The molecule has 0 N–H and O–H groups in total. The molecule has 0 spiro atoms. The summed E-state index contributed by atoms with van der Waals surface area (Å²) in [5, 5.41) is 1.18. The zero-order valence-electron chi connectivity index (χ0n) is 15.5. The van der Waals surface area contributed by atoms with E-state index >= 15 is 0 Å². The van der Waals surface area contributed by atoms with Crippen LogP contribution in [0.4, 0.5) is 15.9 Å². The van der Waals surface area contributed by atoms with Crippen LogP contribution in [0.3, 0.4) is 0 Å². The molecular formula is C21H23FN4O. The summed E-state index contributed by atoms with van der Waals surface area (Å²) in [6.45, 7) is 5.08. The molecule has 0 atom stereocenters. The van der Waals surface area contributed by atoms with Crippen LogP contribution in [0.5, 0.6) is 0 Å². The van der Waals surface area contributed by atoms with E-state index in [0.717, 1.165) is 62.8 Å². The first kappa shape index (κ1) is 16.6. The van der Waals surface area contributed by atoms with E-state index in [-0.39, 0.29) is 5.82 Å². The van der Waals surface area contributed by atoms with Crippen molar-refractivity contribution in [1.82, 2.24) is 9.55 Å². The fourth-order valence-electron chi connectivity index (χ4n) is 4.29. The number of pyridine rings is 1. The topological polar surface area (TPSA) is 33.5 Å². The van der Waals surface area contributed by atoms with E-state index in [0.29, 0.717) is 0 Å². The van der Waals surface area contributed by atoms with E-state index in [1.54, 1.807) is 12.1 Å². The highest BCUT2D eigenvalue weighted by atomic mass is 19.1. The van der Waals surface area contributed by atoms with Gasteiger partial charge < -0.3 is 19.1 Å². The highest BCUT2D eigenvalue weighted by Crippen LogP contribution is 2.32. The highest BCUT2D eigenvalue weighted by Gasteiger charge is 2.23. The van der Waals surface area contributed by atoms with Gasteiger partial charge in [-0.3, -0.25) is 0 Å². The van der Waals surface area contributed by atoms with Gasteiger partial charge in [-0.15, -0.1) is 0 Å². The Morgan fingerprint density at radius 1 is 1.04 bits per heavy atom. The van der Waals surface area contributed by atoms with Crippen molar-refractivity contribution in [3.8, 4) is 0 Å². The number of aryl methyl sites for hydroxylation is 1. The molecular weight excluding hydrogens is 343 g/mol. The lowest BCUT2D eigenvalue weighted by molar-refractivity contribution is 0.122. The zero-order chi connectivity index (χ0) is 18.4. The minimum absolute atomic E-state index is 0.180. The number of benzene rings is 1. The first-order valence-electron chi connectivity index (χ1n) is 9.50. The molecule has 0 radical (unpaired) electrons. The summed E-state index contributed by atoms with van der Waals surface area (Å²) in [5.74, 6) is 0.833. The fourth-order valence-corrected chi connectivity index (χ4v) is 4.29. The normalized spacial score (nSPS) is 17.4. The number of hydrogen-bond acceptors (Lipinski definition) is 4. The van der Waals surface area contributed by atoms with Gasteiger partial charge in [0.05, 0.1) is 37.2 Å². The van der Waals surface area contributed by atoms with Gasteiger partial charge in [0.2, 0.25) is 0 Å². The molecule has 5 nitrogen and oxygen atoms in total. The Hall–Kier alpha value is -2.60. The standard InChI is InChI=1S/C21H23FN4O/c1-24-19-12-15(22)2-4-17(19)18-6-7-26(14-20(18)24)16-3-5-21(23-13-16)25-8-10-27-11-9-25/h2-5,12-13H,6-11,14H2,1H3. The Balaban J connectivity index is 1.41. The van der Waals surface area contributed by atoms with Crippen LogP contribution in [0.25, 0.3) is 10.9 Å². The van der Waals surface area contributed by atoms with E-state index in [9.17, 15) is 4.39 Å². The predicted molar refractivity (Wildman–Crippen MR) is 105 cm³/mol. The number of morpholine rings is 1. The van der Waals surface area contributed by atoms with Gasteiger partial charge in [-0.2, -0.15) is 0 Å². The highest BCUT2D eigenvalue weighted by molar-refractivity contribution is 5.86. The van der Waals surface area contributed by atoms with Crippen molar-refractivity contribution in [1.29, 1.82) is 0 Å². The largest absolute Gasteiger partial charge is 0.378 e. The van der Waals surface area contributed by atoms with Crippen LogP contribution >= 0.6 is 0 Å². The number of halogens is 1. The average molecular weight is 366 g/mol. The molecule has 1 fully saturated rings. The number of ether oxygens (including phenoxy) is 1. The monoisotopic (exact) mass is 366 g/mol. The summed E-state index contributed by atoms with van der Waals surface area (Å²) < 4.78 is 21.2. The summed E-state index contributed by atoms with van der Waals surface area (Å²) in [6.07, 6.45) is 2.93. The van der Waals surface area contributed by atoms with Gasteiger partial charge in [0.25, 0.3) is 0 Å². The third-order valence-corrected chi connectivity index (χ3v) is 5.80. The Labute approximate surface area is 158 Å². The lowest BCUT2D eigenvalue weighted by atomic mass is 10.0. The van der Waals surface area contributed by atoms with Gasteiger partial charge in [-0.25, -0.2) is 9.37 Å². The molecule has 6 heteroatoms. The second kappa shape index (κ2) is 6.53. The SMILES string of the molecule is Cn1c2c(c3ccc(F)cc31)CCN(c1ccc(N3CCOCC3)nc1)C2. The van der Waals surface area contributed by atoms with E-state index in [1.807, 2.05) is 19.3 Å². The number of nitrogens with zero attached hydrogens (tertiary/aromatic N) is 4. The number of aromatic nitrogens is 2. The van der Waals surface area contributed by atoms with Crippen molar-refractivity contribution >= 4 is 22.4 Å². The van der Waals surface area contributed by atoms with Crippen LogP contribution in [0.15, 0.2) is 36.5 Å². The lowest BCUT2D eigenvalue weighted by Crippen LogP contribution is -2.36. The number of anilines is 2. The zero-order valence-corrected chi connectivity index (χ0v) is 15.5. The van der Waals surface area contributed by atoms with Gasteiger partial charge in [0.1, 0.15) is 11.6 Å². The van der Waals surface area contributed by atoms with E-state index in [4.69, 9.17) is 4.74 Å². The molecule has 27 heavy (non-hydrogen) atoms. The van der Waals surface area contributed by atoms with Crippen molar-refractivity contribution in [3.63, 3.8) is 0 Å². The van der Waals surface area contributed by atoms with Gasteiger partial charge in [-0.05, 0) is 42.3 Å². The van der Waals surface area contributed by atoms with Gasteiger partial charge in [0, 0.05) is 37.8 Å². The van der Waals surface area contributed by atoms with Crippen LogP contribution in [0.2, 0.25) is 0 Å². The number of fused-ring (bicyclic) bond motifs is 3. The number of hydrogen-bond donors (Lipinski definition) is 0. The third-order valence-electron chi connectivity index (χ3n) is 5.80. The molecule has 0 amide bonds. The predicted octanol–water partition coefficient (Wildman–Crippen LogP) is 3.11. The molecule has 1 saturated heterocycles. The molecule has 2 aliphatic rings. The minimum Gasteiger partial charge on any atom is -0.378 e. The number of rotatable bonds is 2. The second-order valence-corrected chi connectivity index (χ2v) is 7.29. The fraction of sp³-hybridized carbons (Fsp3) is 0.381. The first-order valence-corrected chi connectivity index (χ1v) is 9.50. The van der Waals surface area contributed by atoms with Crippen LogP contribution < -0.4 is 9.80 Å². The summed E-state index contributed by atoms with van der Waals surface area (Å²) in [6, 6.07) is 9.37. The maximum Gasteiger partial charge on any atom is 0.128 e. The van der Waals surface area contributed by atoms with Crippen LogP contribution in [-0.2, 0) is 24.8 Å². The van der Waals surface area contributed by atoms with Crippen LogP contribution in [0.1, 0.15) is 11.3 Å². The van der Waals surface area contributed by atoms with Gasteiger partial charge >= 0.3 is 0 Å². The molecule has 2 aromatic heterocycles. The molecule has 140 valence electrons. The molecule has 2 aliphatic heterocycles. The maximum atomic E-state index is 13.7. The molecule has 4 heterocycles. The van der Waals surface area contributed by atoms with Crippen molar-refractivity contribution in [2.75, 3.05) is 42.6 Å². The molecule has 0 aliphatic carbocycles. The molecule has 0 saturated carbocycles. The minimum atomic E-state index is -0.180. The Morgan fingerprint density at radius 2 is 1.89 bits per heavy atom. The summed E-state index contributed by atoms with van der Waals surface area (Å²) >= 11 is 0. The van der Waals surface area contributed by atoms with E-state index in [1.165, 1.54) is 16.6 Å². The smallest absolute Gasteiger partial charge is 0.128 e. The van der Waals surface area contributed by atoms with Crippen molar-refractivity contribution < 1.29 is 9.13 Å². The molecule has 5 rings (SSSR count). The average Bonchev–Trinajstić information content (AvgIpc) is 3.00. The Bertz CT molecular complexity index is 976. The maximum absolute atomic E-state index is 13.7. The summed E-state index contributed by atoms with van der Waals surface area (Å²) in [4.78, 5) is 9.30. The Morgan fingerprint density at radius 3 is 2.67 bits per heavy atom. The third kappa shape index (κ3) is 2.84. The first-order chi connectivity index (χ1) is 13.2. The lowest BCUT2D eigenvalue weighted by Gasteiger charge is -2.31. The van der Waals surface area contributed by atoms with Crippen molar-refractivity contribution in [3.05, 3.63) is 53.6 Å². The quantitative estimate of drug-likeness (QED) is 0.698. The molecule has 1 aromatic carbocycles. The summed E-state index contributed by atoms with van der Waals surface area (Å²) in [5.41, 5.74) is 4.72.